The van der Waals surface area contributed by atoms with Crippen molar-refractivity contribution in [2.24, 2.45) is 11.3 Å². The van der Waals surface area contributed by atoms with E-state index in [1.165, 1.54) is 6.42 Å². The summed E-state index contributed by atoms with van der Waals surface area (Å²) >= 11 is 0. The Bertz CT molecular complexity index is 523. The van der Waals surface area contributed by atoms with Crippen LogP contribution < -0.4 is 0 Å². The first-order chi connectivity index (χ1) is 11.1. The highest BCUT2D eigenvalue weighted by Gasteiger charge is 2.57. The van der Waals surface area contributed by atoms with Crippen molar-refractivity contribution in [3.63, 3.8) is 0 Å². The Labute approximate surface area is 145 Å². The van der Waals surface area contributed by atoms with Crippen molar-refractivity contribution in [2.45, 2.75) is 78.0 Å². The lowest BCUT2D eigenvalue weighted by Crippen LogP contribution is -2.50. The van der Waals surface area contributed by atoms with E-state index < -0.39 is 5.60 Å². The number of ether oxygens (including phenoxy) is 1. The fraction of sp³-hybridized carbons (Fsp3) is 0.895. The zero-order valence-electron chi connectivity index (χ0n) is 15.8. The van der Waals surface area contributed by atoms with E-state index in [4.69, 9.17) is 4.74 Å². The van der Waals surface area contributed by atoms with Crippen molar-refractivity contribution in [1.82, 2.24) is 9.80 Å². The van der Waals surface area contributed by atoms with Gasteiger partial charge in [0.05, 0.1) is 12.6 Å². The van der Waals surface area contributed by atoms with Gasteiger partial charge in [-0.1, -0.05) is 13.8 Å². The van der Waals surface area contributed by atoms with Gasteiger partial charge in [-0.05, 0) is 64.3 Å². The molecule has 0 aromatic rings. The molecule has 1 aliphatic carbocycles. The molecule has 3 aliphatic rings. The van der Waals surface area contributed by atoms with Crippen LogP contribution in [0.4, 0.5) is 4.79 Å². The molecule has 0 N–H and O–H groups in total. The summed E-state index contributed by atoms with van der Waals surface area (Å²) in [7, 11) is 0. The molecule has 0 aromatic heterocycles. The number of hydrogen-bond acceptors (Lipinski definition) is 4. The average Bonchev–Trinajstić information content (AvgIpc) is 3.05. The lowest BCUT2D eigenvalue weighted by molar-refractivity contribution is -0.125. The third-order valence-corrected chi connectivity index (χ3v) is 5.44. The van der Waals surface area contributed by atoms with Gasteiger partial charge in [0.25, 0.3) is 0 Å². The molecule has 0 aromatic carbocycles. The van der Waals surface area contributed by atoms with Crippen molar-refractivity contribution < 1.29 is 14.3 Å². The van der Waals surface area contributed by atoms with Crippen molar-refractivity contribution >= 4 is 11.9 Å². The first-order valence-corrected chi connectivity index (χ1v) is 9.32. The molecule has 1 amide bonds. The molecule has 2 heterocycles. The first-order valence-electron chi connectivity index (χ1n) is 9.32. The molecule has 3 rings (SSSR count). The fourth-order valence-electron chi connectivity index (χ4n) is 4.33. The van der Waals surface area contributed by atoms with Gasteiger partial charge in [-0.25, -0.2) is 4.79 Å². The Morgan fingerprint density at radius 1 is 1.21 bits per heavy atom. The Morgan fingerprint density at radius 2 is 1.92 bits per heavy atom. The number of carbonyl (C=O) groups excluding carboxylic acids is 2. The normalized spacial score (nSPS) is 32.4. The summed E-state index contributed by atoms with van der Waals surface area (Å²) in [5, 5.41) is 0. The van der Waals surface area contributed by atoms with Crippen molar-refractivity contribution in [3.8, 4) is 0 Å². The maximum Gasteiger partial charge on any atom is 0.411 e. The highest BCUT2D eigenvalue weighted by atomic mass is 16.6. The van der Waals surface area contributed by atoms with Gasteiger partial charge in [0, 0.05) is 12.6 Å². The molecule has 0 unspecified atom stereocenters. The van der Waals surface area contributed by atoms with Crippen molar-refractivity contribution in [1.29, 1.82) is 0 Å². The van der Waals surface area contributed by atoms with Gasteiger partial charge in [0.1, 0.15) is 5.60 Å². The van der Waals surface area contributed by atoms with Crippen LogP contribution in [0.2, 0.25) is 0 Å². The van der Waals surface area contributed by atoms with Crippen LogP contribution in [0.15, 0.2) is 0 Å². The van der Waals surface area contributed by atoms with Gasteiger partial charge in [0.2, 0.25) is 0 Å². The van der Waals surface area contributed by atoms with Crippen molar-refractivity contribution in [3.05, 3.63) is 0 Å². The van der Waals surface area contributed by atoms with Crippen LogP contribution in [0.5, 0.6) is 0 Å². The zero-order chi connectivity index (χ0) is 17.7. The van der Waals surface area contributed by atoms with Crippen LogP contribution in [-0.4, -0.2) is 59.0 Å². The number of likely N-dealkylation sites (tertiary alicyclic amines) is 2. The summed E-state index contributed by atoms with van der Waals surface area (Å²) in [5.41, 5.74) is -0.240. The van der Waals surface area contributed by atoms with E-state index in [1.54, 1.807) is 4.90 Å². The average molecular weight is 336 g/mol. The SMILES string of the molecule is CC1(C)CCCN(CC(=O)[C@@H]2C[C@H]3C[C@H]3N2C(=O)OC(C)(C)C)C1. The summed E-state index contributed by atoms with van der Waals surface area (Å²) in [6, 6.07) is -0.0553. The number of hydrogen-bond donors (Lipinski definition) is 0. The van der Waals surface area contributed by atoms with Gasteiger partial charge in [-0.2, -0.15) is 0 Å². The Morgan fingerprint density at radius 3 is 2.54 bits per heavy atom. The Kier molecular flexibility index (Phi) is 4.44. The van der Waals surface area contributed by atoms with E-state index in [9.17, 15) is 9.59 Å². The maximum atomic E-state index is 12.9. The lowest BCUT2D eigenvalue weighted by atomic mass is 9.84. The summed E-state index contributed by atoms with van der Waals surface area (Å²) in [4.78, 5) is 29.4. The minimum atomic E-state index is -0.519. The van der Waals surface area contributed by atoms with E-state index in [0.29, 0.717) is 12.5 Å². The highest BCUT2D eigenvalue weighted by Crippen LogP contribution is 2.48. The number of carbonyl (C=O) groups is 2. The molecule has 24 heavy (non-hydrogen) atoms. The van der Waals surface area contributed by atoms with Gasteiger partial charge in [0.15, 0.2) is 5.78 Å². The van der Waals surface area contributed by atoms with Crippen LogP contribution in [0.25, 0.3) is 0 Å². The van der Waals surface area contributed by atoms with Crippen molar-refractivity contribution in [2.75, 3.05) is 19.6 Å². The molecule has 136 valence electrons. The molecule has 2 saturated heterocycles. The predicted octanol–water partition coefficient (Wildman–Crippen LogP) is 3.08. The smallest absolute Gasteiger partial charge is 0.411 e. The van der Waals surface area contributed by atoms with Crippen LogP contribution in [-0.2, 0) is 9.53 Å². The summed E-state index contributed by atoms with van der Waals surface area (Å²) in [5.74, 6) is 0.690. The van der Waals surface area contributed by atoms with E-state index in [0.717, 1.165) is 32.4 Å². The zero-order valence-corrected chi connectivity index (χ0v) is 15.8. The number of fused-ring (bicyclic) bond motifs is 1. The largest absolute Gasteiger partial charge is 0.444 e. The molecule has 3 fully saturated rings. The number of Topliss-reactive ketones (excluding diaryl/α,β-unsaturated/α-hetero) is 1. The summed E-state index contributed by atoms with van der Waals surface area (Å²) < 4.78 is 5.54. The number of ketones is 1. The Hall–Kier alpha value is -1.10. The number of piperidine rings is 2. The van der Waals surface area contributed by atoms with Crippen LogP contribution in [0.1, 0.15) is 60.3 Å². The molecule has 5 heteroatoms. The van der Waals surface area contributed by atoms with Crippen LogP contribution in [0, 0.1) is 11.3 Å². The van der Waals surface area contributed by atoms with Crippen LogP contribution >= 0.6 is 0 Å². The first kappa shape index (κ1) is 17.7. The number of amides is 1. The van der Waals surface area contributed by atoms with E-state index >= 15 is 0 Å². The third-order valence-electron chi connectivity index (χ3n) is 5.44. The molecule has 5 nitrogen and oxygen atoms in total. The van der Waals surface area contributed by atoms with Gasteiger partial charge in [-0.3, -0.25) is 14.6 Å². The minimum Gasteiger partial charge on any atom is -0.444 e. The maximum absolute atomic E-state index is 12.9. The summed E-state index contributed by atoms with van der Waals surface area (Å²) in [6.07, 6.45) is 3.89. The standard InChI is InChI=1S/C19H32N2O3/c1-18(2,3)24-17(23)21-14-9-13(14)10-15(21)16(22)11-20-8-6-7-19(4,5)12-20/h13-15H,6-12H2,1-5H3/t13-,14-,15+/m1/s1. The van der Waals surface area contributed by atoms with Gasteiger partial charge in [-0.15, -0.1) is 0 Å². The molecule has 0 bridgehead atoms. The molecule has 0 radical (unpaired) electrons. The molecular formula is C19H32N2O3. The van der Waals surface area contributed by atoms with Crippen LogP contribution in [0.3, 0.4) is 0 Å². The monoisotopic (exact) mass is 336 g/mol. The third kappa shape index (κ3) is 3.93. The topological polar surface area (TPSA) is 49.9 Å². The second kappa shape index (κ2) is 6.01. The number of rotatable bonds is 3. The number of nitrogens with zero attached hydrogens (tertiary/aromatic N) is 2. The molecule has 0 spiro atoms. The second-order valence-corrected chi connectivity index (χ2v) is 9.65. The second-order valence-electron chi connectivity index (χ2n) is 9.65. The minimum absolute atomic E-state index is 0.186. The van der Waals surface area contributed by atoms with Gasteiger partial charge >= 0.3 is 6.09 Å². The lowest BCUT2D eigenvalue weighted by Gasteiger charge is -2.38. The van der Waals surface area contributed by atoms with Gasteiger partial charge < -0.3 is 4.74 Å². The van der Waals surface area contributed by atoms with E-state index in [1.807, 2.05) is 20.8 Å². The summed E-state index contributed by atoms with van der Waals surface area (Å²) in [6.45, 7) is 12.6. The Balaban J connectivity index is 1.62. The molecule has 2 aliphatic heterocycles. The predicted molar refractivity (Wildman–Crippen MR) is 92.8 cm³/mol. The fourth-order valence-corrected chi connectivity index (χ4v) is 4.33. The molecular weight excluding hydrogens is 304 g/mol. The van der Waals surface area contributed by atoms with E-state index in [-0.39, 0.29) is 29.4 Å². The molecule has 1 saturated carbocycles. The highest BCUT2D eigenvalue weighted by molar-refractivity contribution is 5.90. The van der Waals surface area contributed by atoms with E-state index in [2.05, 4.69) is 18.7 Å². The quantitative estimate of drug-likeness (QED) is 0.795. The molecule has 3 atom stereocenters.